The molecule has 0 spiro atoms. The predicted molar refractivity (Wildman–Crippen MR) is 82.2 cm³/mol. The van der Waals surface area contributed by atoms with Gasteiger partial charge in [0.15, 0.2) is 5.16 Å². The molecule has 0 amide bonds. The van der Waals surface area contributed by atoms with Gasteiger partial charge >= 0.3 is 5.97 Å². The highest BCUT2D eigenvalue weighted by Gasteiger charge is 2.13. The normalized spacial score (nSPS) is 11.1. The molecule has 1 heterocycles. The van der Waals surface area contributed by atoms with Crippen LogP contribution in [0.2, 0.25) is 0 Å². The smallest absolute Gasteiger partial charge is 0.313 e. The Morgan fingerprint density at radius 2 is 2.19 bits per heavy atom. The van der Waals surface area contributed by atoms with Gasteiger partial charge in [-0.15, -0.1) is 0 Å². The third kappa shape index (κ3) is 4.20. The van der Waals surface area contributed by atoms with Crippen LogP contribution in [0.25, 0.3) is 11.0 Å². The van der Waals surface area contributed by atoms with E-state index < -0.39 is 5.97 Å². The number of hydrogen-bond acceptors (Lipinski definition) is 3. The fourth-order valence-electron chi connectivity index (χ4n) is 2.23. The van der Waals surface area contributed by atoms with Crippen LogP contribution in [0.4, 0.5) is 4.39 Å². The zero-order chi connectivity index (χ0) is 15.2. The highest BCUT2D eigenvalue weighted by molar-refractivity contribution is 7.99. The second-order valence-corrected chi connectivity index (χ2v) is 5.86. The first-order chi connectivity index (χ1) is 10.1. The van der Waals surface area contributed by atoms with Crippen molar-refractivity contribution in [2.45, 2.75) is 44.3 Å². The maximum Gasteiger partial charge on any atom is 0.313 e. The Bertz CT molecular complexity index is 627. The zero-order valence-corrected chi connectivity index (χ0v) is 12.8. The Balaban J connectivity index is 2.23. The Kier molecular flexibility index (Phi) is 5.61. The summed E-state index contributed by atoms with van der Waals surface area (Å²) in [4.78, 5) is 15.1. The second-order valence-electron chi connectivity index (χ2n) is 4.92. The van der Waals surface area contributed by atoms with Gasteiger partial charge in [0.25, 0.3) is 0 Å². The van der Waals surface area contributed by atoms with Crippen LogP contribution in [0, 0.1) is 5.82 Å². The van der Waals surface area contributed by atoms with Gasteiger partial charge in [-0.2, -0.15) is 0 Å². The zero-order valence-electron chi connectivity index (χ0n) is 12.0. The number of aryl methyl sites for hydroxylation is 1. The van der Waals surface area contributed by atoms with E-state index in [0.29, 0.717) is 10.7 Å². The largest absolute Gasteiger partial charge is 0.481 e. The van der Waals surface area contributed by atoms with Crippen LogP contribution in [-0.2, 0) is 11.3 Å². The fraction of sp³-hybridized carbons (Fsp3) is 0.467. The summed E-state index contributed by atoms with van der Waals surface area (Å²) in [6.07, 6.45) is 4.48. The van der Waals surface area contributed by atoms with E-state index in [1.54, 1.807) is 6.07 Å². The molecule has 2 rings (SSSR count). The van der Waals surface area contributed by atoms with Crippen molar-refractivity contribution in [1.82, 2.24) is 9.55 Å². The molecule has 0 aliphatic rings. The number of aromatic nitrogens is 2. The van der Waals surface area contributed by atoms with Gasteiger partial charge in [-0.1, -0.05) is 37.9 Å². The van der Waals surface area contributed by atoms with Crippen molar-refractivity contribution in [2.75, 3.05) is 5.75 Å². The third-order valence-electron chi connectivity index (χ3n) is 3.24. The van der Waals surface area contributed by atoms with Gasteiger partial charge in [0, 0.05) is 12.6 Å². The van der Waals surface area contributed by atoms with Crippen molar-refractivity contribution >= 4 is 28.8 Å². The van der Waals surface area contributed by atoms with Gasteiger partial charge in [-0.3, -0.25) is 4.79 Å². The van der Waals surface area contributed by atoms with E-state index in [0.717, 1.165) is 31.3 Å². The molecule has 4 nitrogen and oxygen atoms in total. The number of nitrogens with zero attached hydrogens (tertiary/aromatic N) is 2. The molecule has 0 aliphatic carbocycles. The molecule has 0 atom stereocenters. The summed E-state index contributed by atoms with van der Waals surface area (Å²) in [5, 5.41) is 9.46. The number of aliphatic carboxylic acids is 1. The number of hydrogen-bond donors (Lipinski definition) is 1. The van der Waals surface area contributed by atoms with Crippen LogP contribution < -0.4 is 0 Å². The van der Waals surface area contributed by atoms with E-state index in [1.165, 1.54) is 30.3 Å². The molecule has 6 heteroatoms. The first-order valence-electron chi connectivity index (χ1n) is 7.12. The lowest BCUT2D eigenvalue weighted by atomic mass is 10.2. The number of thioether (sulfide) groups is 1. The van der Waals surface area contributed by atoms with Crippen LogP contribution in [0.1, 0.15) is 32.6 Å². The standard InChI is InChI=1S/C15H19FN2O2S/c1-2-3-4-5-8-18-13-7-6-11(16)9-12(13)17-15(18)21-10-14(19)20/h6-7,9H,2-5,8,10H2,1H3,(H,19,20). The fourth-order valence-corrected chi connectivity index (χ4v) is 2.99. The van der Waals surface area contributed by atoms with Crippen molar-refractivity contribution in [3.63, 3.8) is 0 Å². The maximum atomic E-state index is 13.3. The minimum atomic E-state index is -0.879. The number of benzene rings is 1. The molecule has 0 bridgehead atoms. The van der Waals surface area contributed by atoms with Crippen LogP contribution >= 0.6 is 11.8 Å². The highest BCUT2D eigenvalue weighted by Crippen LogP contribution is 2.25. The molecule has 0 unspecified atom stereocenters. The van der Waals surface area contributed by atoms with Gasteiger partial charge < -0.3 is 9.67 Å². The highest BCUT2D eigenvalue weighted by atomic mass is 32.2. The van der Waals surface area contributed by atoms with E-state index in [1.807, 2.05) is 4.57 Å². The molecule has 21 heavy (non-hydrogen) atoms. The number of unbranched alkanes of at least 4 members (excludes halogenated alkanes) is 3. The monoisotopic (exact) mass is 310 g/mol. The molecule has 2 aromatic rings. The topological polar surface area (TPSA) is 55.1 Å². The van der Waals surface area contributed by atoms with Gasteiger partial charge in [-0.05, 0) is 18.6 Å². The first-order valence-corrected chi connectivity index (χ1v) is 8.10. The summed E-state index contributed by atoms with van der Waals surface area (Å²) in [5.41, 5.74) is 1.44. The van der Waals surface area contributed by atoms with Crippen LogP contribution in [-0.4, -0.2) is 26.4 Å². The summed E-state index contributed by atoms with van der Waals surface area (Å²) in [5.74, 6) is -1.25. The van der Waals surface area contributed by atoms with Gasteiger partial charge in [0.2, 0.25) is 0 Å². The molecular weight excluding hydrogens is 291 g/mol. The predicted octanol–water partition coefficient (Wildman–Crippen LogP) is 3.93. The molecule has 0 fully saturated rings. The Morgan fingerprint density at radius 3 is 2.90 bits per heavy atom. The van der Waals surface area contributed by atoms with E-state index in [9.17, 15) is 9.18 Å². The lowest BCUT2D eigenvalue weighted by Crippen LogP contribution is -2.03. The van der Waals surface area contributed by atoms with E-state index in [-0.39, 0.29) is 11.6 Å². The van der Waals surface area contributed by atoms with Crippen molar-refractivity contribution in [2.24, 2.45) is 0 Å². The van der Waals surface area contributed by atoms with E-state index >= 15 is 0 Å². The van der Waals surface area contributed by atoms with Crippen LogP contribution in [0.5, 0.6) is 0 Å². The van der Waals surface area contributed by atoms with Crippen molar-refractivity contribution in [3.05, 3.63) is 24.0 Å². The molecule has 1 aromatic carbocycles. The van der Waals surface area contributed by atoms with Crippen molar-refractivity contribution in [1.29, 1.82) is 0 Å². The van der Waals surface area contributed by atoms with Crippen molar-refractivity contribution in [3.8, 4) is 0 Å². The molecule has 0 aliphatic heterocycles. The number of carboxylic acids is 1. The number of halogens is 1. The maximum absolute atomic E-state index is 13.3. The number of fused-ring (bicyclic) bond motifs is 1. The number of imidazole rings is 1. The minimum absolute atomic E-state index is 0.0409. The molecule has 0 saturated heterocycles. The summed E-state index contributed by atoms with van der Waals surface area (Å²) in [6.45, 7) is 2.94. The lowest BCUT2D eigenvalue weighted by Gasteiger charge is -2.08. The molecule has 0 radical (unpaired) electrons. The quantitative estimate of drug-likeness (QED) is 0.593. The summed E-state index contributed by atoms with van der Waals surface area (Å²) < 4.78 is 15.3. The summed E-state index contributed by atoms with van der Waals surface area (Å²) in [6, 6.07) is 4.52. The Hall–Kier alpha value is -1.56. The lowest BCUT2D eigenvalue weighted by molar-refractivity contribution is -0.133. The number of carbonyl (C=O) groups is 1. The second kappa shape index (κ2) is 7.45. The summed E-state index contributed by atoms with van der Waals surface area (Å²) in [7, 11) is 0. The first kappa shape index (κ1) is 15.8. The van der Waals surface area contributed by atoms with Crippen molar-refractivity contribution < 1.29 is 14.3 Å². The van der Waals surface area contributed by atoms with E-state index in [4.69, 9.17) is 5.11 Å². The van der Waals surface area contributed by atoms with Crippen LogP contribution in [0.3, 0.4) is 0 Å². The minimum Gasteiger partial charge on any atom is -0.481 e. The van der Waals surface area contributed by atoms with Gasteiger partial charge in [0.1, 0.15) is 5.82 Å². The molecule has 0 saturated carbocycles. The number of rotatable bonds is 8. The van der Waals surface area contributed by atoms with Crippen LogP contribution in [0.15, 0.2) is 23.4 Å². The van der Waals surface area contributed by atoms with Gasteiger partial charge in [-0.25, -0.2) is 9.37 Å². The molecule has 1 N–H and O–H groups in total. The van der Waals surface area contributed by atoms with E-state index in [2.05, 4.69) is 11.9 Å². The third-order valence-corrected chi connectivity index (χ3v) is 4.20. The average molecular weight is 310 g/mol. The Morgan fingerprint density at radius 1 is 1.38 bits per heavy atom. The summed E-state index contributed by atoms with van der Waals surface area (Å²) >= 11 is 1.18. The molecule has 114 valence electrons. The number of carboxylic acid groups (broad SMARTS) is 1. The van der Waals surface area contributed by atoms with Gasteiger partial charge in [0.05, 0.1) is 16.8 Å². The Labute approximate surface area is 127 Å². The average Bonchev–Trinajstić information content (AvgIpc) is 2.78. The molecule has 1 aromatic heterocycles. The SMILES string of the molecule is CCCCCCn1c(SCC(=O)O)nc2cc(F)ccc21. The molecular formula is C15H19FN2O2S.